The molecule has 0 radical (unpaired) electrons. The molecular formula is C56H64. The van der Waals surface area contributed by atoms with E-state index in [9.17, 15) is 0 Å². The third-order valence-corrected chi connectivity index (χ3v) is 13.7. The standard InChI is InChI=1S/C56H64/c1-13-19-41-25-29-45(37(9)33(41)5)51-52(46-30-26-42(20-14-2)34(6)38(46)10)54(48-32-28-44(22-16-4)36(8)40(48)12)56-50-24-18-17-23-49(50)55(56)53(51)47-31-27-43(21-15-3)35(7)39(47)11/h17-18,23-32H,13-16,19-22H2,1-12H3. The molecule has 1 aliphatic rings. The Morgan fingerprint density at radius 3 is 0.679 bits per heavy atom. The molecular weight excluding hydrogens is 673 g/mol. The molecule has 7 rings (SSSR count). The highest BCUT2D eigenvalue weighted by Crippen LogP contribution is 2.63. The van der Waals surface area contributed by atoms with Crippen LogP contribution in [0.5, 0.6) is 0 Å². The Hall–Kier alpha value is -4.68. The number of fused-ring (bicyclic) bond motifs is 4. The van der Waals surface area contributed by atoms with Crippen LogP contribution in [-0.2, 0) is 25.7 Å². The van der Waals surface area contributed by atoms with Crippen LogP contribution in [0.3, 0.4) is 0 Å². The number of hydrogen-bond donors (Lipinski definition) is 0. The molecule has 0 atom stereocenters. The van der Waals surface area contributed by atoms with Crippen LogP contribution in [0.2, 0.25) is 0 Å². The number of hydrogen-bond acceptors (Lipinski definition) is 0. The average Bonchev–Trinajstić information content (AvgIpc) is 3.18. The van der Waals surface area contributed by atoms with Gasteiger partial charge in [0.1, 0.15) is 0 Å². The van der Waals surface area contributed by atoms with Crippen LogP contribution in [0.15, 0.2) is 72.8 Å². The molecule has 288 valence electrons. The van der Waals surface area contributed by atoms with E-state index in [1.165, 1.54) is 134 Å². The highest BCUT2D eigenvalue weighted by molar-refractivity contribution is 6.23. The Bertz CT molecular complexity index is 2310. The molecule has 0 N–H and O–H groups in total. The van der Waals surface area contributed by atoms with E-state index in [1.54, 1.807) is 0 Å². The smallest absolute Gasteiger partial charge is 0.000730 e. The maximum Gasteiger partial charge on any atom is -0.000730 e. The van der Waals surface area contributed by atoms with Gasteiger partial charge in [-0.2, -0.15) is 0 Å². The maximum atomic E-state index is 2.49. The maximum absolute atomic E-state index is 2.49. The number of aryl methyl sites for hydroxylation is 4. The van der Waals surface area contributed by atoms with Gasteiger partial charge in [0.2, 0.25) is 0 Å². The van der Waals surface area contributed by atoms with E-state index in [0.717, 1.165) is 51.4 Å². The number of rotatable bonds is 12. The van der Waals surface area contributed by atoms with Gasteiger partial charge in [-0.25, -0.2) is 0 Å². The van der Waals surface area contributed by atoms with Crippen molar-refractivity contribution in [2.75, 3.05) is 0 Å². The first-order chi connectivity index (χ1) is 27.0. The van der Waals surface area contributed by atoms with Crippen molar-refractivity contribution in [1.82, 2.24) is 0 Å². The second kappa shape index (κ2) is 16.1. The van der Waals surface area contributed by atoms with E-state index < -0.39 is 0 Å². The van der Waals surface area contributed by atoms with Gasteiger partial charge in [0.15, 0.2) is 0 Å². The summed E-state index contributed by atoms with van der Waals surface area (Å²) in [6, 6.07) is 28.9. The summed E-state index contributed by atoms with van der Waals surface area (Å²) in [4.78, 5) is 0. The minimum absolute atomic E-state index is 1.10. The summed E-state index contributed by atoms with van der Waals surface area (Å²) in [7, 11) is 0. The first kappa shape index (κ1) is 39.6. The van der Waals surface area contributed by atoms with Gasteiger partial charge < -0.3 is 0 Å². The largest absolute Gasteiger partial charge is 0.0651 e. The second-order valence-electron chi connectivity index (χ2n) is 16.9. The van der Waals surface area contributed by atoms with E-state index in [0.29, 0.717) is 0 Å². The second-order valence-corrected chi connectivity index (χ2v) is 16.9. The van der Waals surface area contributed by atoms with Crippen LogP contribution in [-0.4, -0.2) is 0 Å². The molecule has 0 heterocycles. The monoisotopic (exact) mass is 737 g/mol. The van der Waals surface area contributed by atoms with E-state index in [-0.39, 0.29) is 0 Å². The Kier molecular flexibility index (Phi) is 11.3. The van der Waals surface area contributed by atoms with Gasteiger partial charge in [-0.15, -0.1) is 0 Å². The summed E-state index contributed by atoms with van der Waals surface area (Å²) >= 11 is 0. The van der Waals surface area contributed by atoms with Crippen LogP contribution in [0.4, 0.5) is 0 Å². The van der Waals surface area contributed by atoms with E-state index >= 15 is 0 Å². The van der Waals surface area contributed by atoms with Crippen LogP contribution >= 0.6 is 0 Å². The Labute approximate surface area is 339 Å². The summed E-state index contributed by atoms with van der Waals surface area (Å²) in [6.07, 6.45) is 9.02. The highest BCUT2D eigenvalue weighted by Gasteiger charge is 2.37. The Balaban J connectivity index is 1.77. The third kappa shape index (κ3) is 6.38. The minimum Gasteiger partial charge on any atom is -0.0651 e. The fourth-order valence-corrected chi connectivity index (χ4v) is 9.97. The Morgan fingerprint density at radius 1 is 0.250 bits per heavy atom. The lowest BCUT2D eigenvalue weighted by molar-refractivity contribution is 0.909. The first-order valence-corrected chi connectivity index (χ1v) is 21.7. The van der Waals surface area contributed by atoms with Crippen molar-refractivity contribution in [3.05, 3.63) is 140 Å². The molecule has 0 unspecified atom stereocenters. The van der Waals surface area contributed by atoms with Crippen molar-refractivity contribution in [3.63, 3.8) is 0 Å². The van der Waals surface area contributed by atoms with E-state index in [1.807, 2.05) is 0 Å². The van der Waals surface area contributed by atoms with Gasteiger partial charge in [0.05, 0.1) is 0 Å². The molecule has 0 aromatic heterocycles. The Morgan fingerprint density at radius 2 is 0.464 bits per heavy atom. The van der Waals surface area contributed by atoms with Crippen molar-refractivity contribution < 1.29 is 0 Å². The number of benzene rings is 6. The third-order valence-electron chi connectivity index (χ3n) is 13.7. The minimum atomic E-state index is 1.10. The van der Waals surface area contributed by atoms with Crippen LogP contribution in [0, 0.1) is 55.4 Å². The van der Waals surface area contributed by atoms with E-state index in [2.05, 4.69) is 156 Å². The lowest BCUT2D eigenvalue weighted by Crippen LogP contribution is -2.11. The van der Waals surface area contributed by atoms with Crippen LogP contribution in [0.25, 0.3) is 66.8 Å². The van der Waals surface area contributed by atoms with Gasteiger partial charge in [-0.1, -0.05) is 126 Å². The summed E-state index contributed by atoms with van der Waals surface area (Å²) in [5, 5.41) is 0. The predicted molar refractivity (Wildman–Crippen MR) is 246 cm³/mol. The predicted octanol–water partition coefficient (Wildman–Crippen LogP) is 16.3. The normalized spacial score (nSPS) is 11.8. The van der Waals surface area contributed by atoms with Gasteiger partial charge in [-0.3, -0.25) is 0 Å². The van der Waals surface area contributed by atoms with E-state index in [4.69, 9.17) is 0 Å². The summed E-state index contributed by atoms with van der Waals surface area (Å²) in [5.41, 5.74) is 33.9. The van der Waals surface area contributed by atoms with Gasteiger partial charge in [0, 0.05) is 0 Å². The molecule has 6 aromatic rings. The molecule has 56 heavy (non-hydrogen) atoms. The zero-order valence-corrected chi connectivity index (χ0v) is 36.6. The van der Waals surface area contributed by atoms with Gasteiger partial charge in [-0.05, 0) is 215 Å². The molecule has 0 heteroatoms. The fraction of sp³-hybridized carbons (Fsp3) is 0.357. The quantitative estimate of drug-likeness (QED) is 0.117. The molecule has 0 amide bonds. The van der Waals surface area contributed by atoms with Crippen molar-refractivity contribution in [2.45, 2.75) is 134 Å². The fourth-order valence-electron chi connectivity index (χ4n) is 9.97. The average molecular weight is 737 g/mol. The molecule has 0 saturated heterocycles. The molecule has 0 bridgehead atoms. The molecule has 6 aromatic carbocycles. The van der Waals surface area contributed by atoms with Crippen LogP contribution < -0.4 is 0 Å². The van der Waals surface area contributed by atoms with Gasteiger partial charge in [0.25, 0.3) is 0 Å². The van der Waals surface area contributed by atoms with Crippen LogP contribution in [0.1, 0.15) is 120 Å². The first-order valence-electron chi connectivity index (χ1n) is 21.7. The topological polar surface area (TPSA) is 0 Å². The van der Waals surface area contributed by atoms with Crippen molar-refractivity contribution in [3.8, 4) is 66.8 Å². The van der Waals surface area contributed by atoms with Crippen molar-refractivity contribution in [2.24, 2.45) is 0 Å². The zero-order chi connectivity index (χ0) is 40.0. The molecule has 0 fully saturated rings. The summed E-state index contributed by atoms with van der Waals surface area (Å²) < 4.78 is 0. The summed E-state index contributed by atoms with van der Waals surface area (Å²) in [5.74, 6) is 0. The molecule has 0 saturated carbocycles. The molecule has 1 aliphatic carbocycles. The van der Waals surface area contributed by atoms with Crippen molar-refractivity contribution >= 4 is 0 Å². The molecule has 0 nitrogen and oxygen atoms in total. The zero-order valence-electron chi connectivity index (χ0n) is 36.6. The summed E-state index contributed by atoms with van der Waals surface area (Å²) in [6.45, 7) is 28.2. The SMILES string of the molecule is CCCc1ccc(-c2c3c(c(-c4ccc(CCC)c(C)c4C)c(-c4ccc(CCC)c(C)c4C)c2-c2ccc(CCC)c(C)c2C)-c2ccccc2-3)c(C)c1C. The van der Waals surface area contributed by atoms with Gasteiger partial charge >= 0.3 is 0 Å². The van der Waals surface area contributed by atoms with Crippen molar-refractivity contribution in [1.29, 1.82) is 0 Å². The molecule has 0 aliphatic heterocycles. The lowest BCUT2D eigenvalue weighted by atomic mass is 9.66. The molecule has 0 spiro atoms. The lowest BCUT2D eigenvalue weighted by Gasteiger charge is -2.37. The highest BCUT2D eigenvalue weighted by atomic mass is 14.4.